The van der Waals surface area contributed by atoms with Gasteiger partial charge in [0.15, 0.2) is 24.9 Å². The molecule has 2 aromatic carbocycles. The second-order valence-electron chi connectivity index (χ2n) is 7.80. The maximum atomic E-state index is 12.2. The molecule has 1 aliphatic heterocycles. The normalized spacial score (nSPS) is 16.5. The minimum atomic E-state index is -7.43. The summed E-state index contributed by atoms with van der Waals surface area (Å²) in [4.78, 5) is 1.87. The molecule has 3 rings (SSSR count). The summed E-state index contributed by atoms with van der Waals surface area (Å²) in [6.45, 7) is 1.68. The third kappa shape index (κ3) is 6.14. The van der Waals surface area contributed by atoms with Crippen LogP contribution < -0.4 is 0 Å². The molecule has 2 aromatic rings. The second kappa shape index (κ2) is 10.4. The van der Waals surface area contributed by atoms with E-state index in [0.717, 1.165) is 10.8 Å². The zero-order valence-electron chi connectivity index (χ0n) is 18.7. The number of benzene rings is 2. The van der Waals surface area contributed by atoms with Gasteiger partial charge in [0.2, 0.25) is 0 Å². The molecular formula is C20H19F9O5S3. The molecule has 0 atom stereocenters. The van der Waals surface area contributed by atoms with E-state index >= 15 is 0 Å². The van der Waals surface area contributed by atoms with Crippen LogP contribution in [0.3, 0.4) is 0 Å². The van der Waals surface area contributed by atoms with Crippen molar-refractivity contribution in [2.45, 2.75) is 52.8 Å². The number of halogens is 9. The van der Waals surface area contributed by atoms with Crippen molar-refractivity contribution in [2.75, 3.05) is 17.3 Å². The monoisotopic (exact) mass is 606 g/mol. The second-order valence-corrected chi connectivity index (χ2v) is 13.8. The van der Waals surface area contributed by atoms with Gasteiger partial charge in [-0.3, -0.25) is 0 Å². The first-order chi connectivity index (χ1) is 16.6. The van der Waals surface area contributed by atoms with Gasteiger partial charge in [-0.05, 0) is 47.9 Å². The van der Waals surface area contributed by atoms with Crippen LogP contribution in [0.5, 0.6) is 0 Å². The third-order valence-corrected chi connectivity index (χ3v) is 10.4. The molecule has 0 bridgehead atoms. The fourth-order valence-electron chi connectivity index (χ4n) is 3.15. The van der Waals surface area contributed by atoms with Crippen LogP contribution >= 0.6 is 0 Å². The molecule has 0 radical (unpaired) electrons. The molecule has 1 heterocycles. The summed E-state index contributed by atoms with van der Waals surface area (Å²) in [5.41, 5.74) is 0. The lowest BCUT2D eigenvalue weighted by Gasteiger charge is -2.34. The SMILES string of the molecule is CCS(=O)(=O)c1ccc2cc([S+]3CCCC3)ccc2c1.O=S(=O)([O-])C(F)(F)C(F)(F)C(F)(F)C(F)(F)F. The lowest BCUT2D eigenvalue weighted by molar-refractivity contribution is -0.382. The summed E-state index contributed by atoms with van der Waals surface area (Å²) in [6.07, 6.45) is -4.48. The number of sulfone groups is 1. The van der Waals surface area contributed by atoms with E-state index in [1.54, 1.807) is 19.1 Å². The summed E-state index contributed by atoms with van der Waals surface area (Å²) in [5, 5.41) is -4.94. The summed E-state index contributed by atoms with van der Waals surface area (Å²) >= 11 is 0. The first kappa shape index (κ1) is 31.5. The van der Waals surface area contributed by atoms with Gasteiger partial charge in [0.05, 0.1) is 10.6 Å². The van der Waals surface area contributed by atoms with Gasteiger partial charge in [0.25, 0.3) is 0 Å². The highest BCUT2D eigenvalue weighted by Crippen LogP contribution is 2.54. The largest absolute Gasteiger partial charge is 0.743 e. The van der Waals surface area contributed by atoms with Crippen LogP contribution in [0.2, 0.25) is 0 Å². The topological polar surface area (TPSA) is 91.3 Å². The average Bonchev–Trinajstić information content (AvgIpc) is 3.32. The highest BCUT2D eigenvalue weighted by molar-refractivity contribution is 7.97. The van der Waals surface area contributed by atoms with Crippen LogP contribution in [-0.4, -0.2) is 61.9 Å². The Morgan fingerprint density at radius 2 is 1.27 bits per heavy atom. The van der Waals surface area contributed by atoms with Gasteiger partial charge in [-0.1, -0.05) is 13.0 Å². The number of hydrogen-bond acceptors (Lipinski definition) is 5. The van der Waals surface area contributed by atoms with E-state index in [-0.39, 0.29) is 5.75 Å². The van der Waals surface area contributed by atoms with Crippen LogP contribution in [0.25, 0.3) is 10.8 Å². The van der Waals surface area contributed by atoms with Gasteiger partial charge in [0.1, 0.15) is 11.5 Å². The number of hydrogen-bond donors (Lipinski definition) is 0. The fourth-order valence-corrected chi connectivity index (χ4v) is 6.84. The standard InChI is InChI=1S/C16H19O2S2.C4HF9O3S/c1-2-20(17,18)16-8-6-13-11-15(7-5-14(13)12-16)19-9-3-4-10-19;5-1(6,3(9,10)11)2(7,8)4(12,13)17(14,15)16/h5-8,11-12H,2-4,9-10H2,1H3;(H,14,15,16)/q+1;/p-1. The minimum absolute atomic E-state index is 0.153. The van der Waals surface area contributed by atoms with Crippen molar-refractivity contribution in [3.05, 3.63) is 36.4 Å². The van der Waals surface area contributed by atoms with Crippen molar-refractivity contribution in [1.82, 2.24) is 0 Å². The minimum Gasteiger partial charge on any atom is -0.743 e. The molecule has 0 aliphatic carbocycles. The average molecular weight is 607 g/mol. The van der Waals surface area contributed by atoms with Gasteiger partial charge in [-0.25, -0.2) is 16.8 Å². The predicted octanol–water partition coefficient (Wildman–Crippen LogP) is 5.36. The van der Waals surface area contributed by atoms with Gasteiger partial charge >= 0.3 is 23.3 Å². The molecular weight excluding hydrogens is 587 g/mol. The Hall–Kier alpha value is -1.72. The van der Waals surface area contributed by atoms with Crippen molar-refractivity contribution in [2.24, 2.45) is 0 Å². The molecule has 0 saturated carbocycles. The molecule has 1 fully saturated rings. The van der Waals surface area contributed by atoms with Crippen LogP contribution in [-0.2, 0) is 30.9 Å². The molecule has 0 N–H and O–H groups in total. The summed E-state index contributed by atoms with van der Waals surface area (Å²) in [5.74, 6) is -12.0. The van der Waals surface area contributed by atoms with Crippen molar-refractivity contribution in [3.8, 4) is 0 Å². The summed E-state index contributed by atoms with van der Waals surface area (Å²) in [6, 6.07) is 12.0. The molecule has 210 valence electrons. The molecule has 17 heteroatoms. The molecule has 37 heavy (non-hydrogen) atoms. The van der Waals surface area contributed by atoms with E-state index in [2.05, 4.69) is 18.2 Å². The Kier molecular flexibility index (Phi) is 8.89. The molecule has 0 unspecified atom stereocenters. The van der Waals surface area contributed by atoms with Crippen molar-refractivity contribution < 1.29 is 60.9 Å². The first-order valence-electron chi connectivity index (χ1n) is 10.2. The van der Waals surface area contributed by atoms with Crippen molar-refractivity contribution in [3.63, 3.8) is 0 Å². The highest BCUT2D eigenvalue weighted by atomic mass is 32.2. The van der Waals surface area contributed by atoms with E-state index in [9.17, 15) is 60.9 Å². The highest BCUT2D eigenvalue weighted by Gasteiger charge is 2.83. The first-order valence-corrected chi connectivity index (χ1v) is 14.8. The van der Waals surface area contributed by atoms with Crippen LogP contribution in [0.1, 0.15) is 19.8 Å². The third-order valence-electron chi connectivity index (χ3n) is 5.32. The van der Waals surface area contributed by atoms with Gasteiger partial charge in [-0.15, -0.1) is 0 Å². The molecule has 1 aliphatic rings. The Labute approximate surface area is 209 Å². The zero-order valence-corrected chi connectivity index (χ0v) is 21.1. The zero-order chi connectivity index (χ0) is 28.7. The van der Waals surface area contributed by atoms with Gasteiger partial charge < -0.3 is 4.55 Å². The van der Waals surface area contributed by atoms with E-state index in [1.165, 1.54) is 29.2 Å². The maximum absolute atomic E-state index is 12.2. The quantitative estimate of drug-likeness (QED) is 0.251. The fraction of sp³-hybridized carbons (Fsp3) is 0.500. The van der Waals surface area contributed by atoms with Crippen molar-refractivity contribution >= 4 is 41.6 Å². The van der Waals surface area contributed by atoms with Gasteiger partial charge in [0, 0.05) is 17.0 Å². The Morgan fingerprint density at radius 1 is 0.784 bits per heavy atom. The van der Waals surface area contributed by atoms with E-state index in [4.69, 9.17) is 0 Å². The molecule has 0 spiro atoms. The lowest BCUT2D eigenvalue weighted by Crippen LogP contribution is -2.63. The Morgan fingerprint density at radius 3 is 1.73 bits per heavy atom. The van der Waals surface area contributed by atoms with E-state index in [1.807, 2.05) is 6.07 Å². The van der Waals surface area contributed by atoms with Crippen LogP contribution in [0.4, 0.5) is 39.5 Å². The number of alkyl halides is 9. The number of rotatable bonds is 6. The molecule has 0 aromatic heterocycles. The number of fused-ring (bicyclic) bond motifs is 1. The predicted molar refractivity (Wildman–Crippen MR) is 117 cm³/mol. The maximum Gasteiger partial charge on any atom is 0.460 e. The smallest absolute Gasteiger partial charge is 0.460 e. The lowest BCUT2D eigenvalue weighted by atomic mass is 10.1. The van der Waals surface area contributed by atoms with E-state index < -0.39 is 43.2 Å². The summed E-state index contributed by atoms with van der Waals surface area (Å²) in [7, 11) is -10.1. The molecule has 1 saturated heterocycles. The van der Waals surface area contributed by atoms with Gasteiger partial charge in [-0.2, -0.15) is 39.5 Å². The van der Waals surface area contributed by atoms with E-state index in [0.29, 0.717) is 15.8 Å². The molecule has 5 nitrogen and oxygen atoms in total. The summed E-state index contributed by atoms with van der Waals surface area (Å²) < 4.78 is 159. The molecule has 0 amide bonds. The van der Waals surface area contributed by atoms with Crippen LogP contribution in [0, 0.1) is 0 Å². The Bertz CT molecular complexity index is 1330. The van der Waals surface area contributed by atoms with Crippen LogP contribution in [0.15, 0.2) is 46.2 Å². The Balaban J connectivity index is 0.000000265. The van der Waals surface area contributed by atoms with Crippen molar-refractivity contribution in [1.29, 1.82) is 0 Å².